The quantitative estimate of drug-likeness (QED) is 0.292. The first-order chi connectivity index (χ1) is 19.3. The highest BCUT2D eigenvalue weighted by atomic mass is 35.5. The van der Waals surface area contributed by atoms with E-state index in [1.165, 1.54) is 5.56 Å². The number of benzene rings is 1. The lowest BCUT2D eigenvalue weighted by atomic mass is 10.0. The number of rotatable bonds is 12. The van der Waals surface area contributed by atoms with Crippen LogP contribution in [0.5, 0.6) is 5.75 Å². The van der Waals surface area contributed by atoms with Gasteiger partial charge in [-0.15, -0.1) is 0 Å². The molecule has 0 radical (unpaired) electrons. The predicted molar refractivity (Wildman–Crippen MR) is 152 cm³/mol. The number of hydrogen-bond acceptors (Lipinski definition) is 9. The highest BCUT2D eigenvalue weighted by molar-refractivity contribution is 6.31. The van der Waals surface area contributed by atoms with Gasteiger partial charge in [0.15, 0.2) is 29.1 Å². The van der Waals surface area contributed by atoms with Crippen LogP contribution in [-0.2, 0) is 16.0 Å². The van der Waals surface area contributed by atoms with E-state index in [-0.39, 0.29) is 46.9 Å². The van der Waals surface area contributed by atoms with Crippen LogP contribution in [0, 0.1) is 0 Å². The second-order valence-electron chi connectivity index (χ2n) is 10.1. The molecule has 0 bridgehead atoms. The first-order valence-corrected chi connectivity index (χ1v) is 14.0. The normalized spacial score (nSPS) is 17.6. The Hall–Kier alpha value is -3.64. The summed E-state index contributed by atoms with van der Waals surface area (Å²) in [6.45, 7) is 4.29. The molecule has 13 heteroatoms. The van der Waals surface area contributed by atoms with Crippen molar-refractivity contribution in [3.05, 3.63) is 40.7 Å². The molecule has 4 rings (SSSR count). The van der Waals surface area contributed by atoms with Crippen molar-refractivity contribution in [3.8, 4) is 5.75 Å². The van der Waals surface area contributed by atoms with Crippen LogP contribution in [0.4, 0.5) is 11.6 Å². The van der Waals surface area contributed by atoms with Gasteiger partial charge in [0, 0.05) is 38.6 Å². The Morgan fingerprint density at radius 2 is 1.88 bits per heavy atom. The van der Waals surface area contributed by atoms with E-state index in [0.717, 1.165) is 58.3 Å². The third kappa shape index (κ3) is 8.43. The molecule has 216 valence electrons. The van der Waals surface area contributed by atoms with Crippen LogP contribution in [-0.4, -0.2) is 89.4 Å². The number of nitrogen functional groups attached to an aromatic ring is 2. The Morgan fingerprint density at radius 3 is 2.62 bits per heavy atom. The number of aromatic nitrogens is 2. The number of likely N-dealkylation sites (tertiary alicyclic amines) is 2. The second kappa shape index (κ2) is 14.1. The van der Waals surface area contributed by atoms with Gasteiger partial charge in [-0.1, -0.05) is 23.7 Å². The third-order valence-electron chi connectivity index (χ3n) is 7.07. The Bertz CT molecular complexity index is 1200. The van der Waals surface area contributed by atoms with Crippen LogP contribution in [0.1, 0.15) is 48.2 Å². The van der Waals surface area contributed by atoms with Gasteiger partial charge in [-0.2, -0.15) is 0 Å². The summed E-state index contributed by atoms with van der Waals surface area (Å²) >= 11 is 5.90. The Morgan fingerprint density at radius 1 is 1.07 bits per heavy atom. The zero-order valence-electron chi connectivity index (χ0n) is 22.5. The van der Waals surface area contributed by atoms with Crippen molar-refractivity contribution >= 4 is 41.0 Å². The molecular formula is C27H37ClN8O4. The fourth-order valence-corrected chi connectivity index (χ4v) is 5.10. The van der Waals surface area contributed by atoms with Gasteiger partial charge in [-0.25, -0.2) is 9.97 Å². The number of hydrogen-bond donors (Lipinski definition) is 4. The van der Waals surface area contributed by atoms with Crippen molar-refractivity contribution in [1.29, 1.82) is 0 Å². The molecule has 40 heavy (non-hydrogen) atoms. The van der Waals surface area contributed by atoms with E-state index in [0.29, 0.717) is 25.3 Å². The summed E-state index contributed by atoms with van der Waals surface area (Å²) in [5, 5.41) is 5.74. The van der Waals surface area contributed by atoms with Crippen LogP contribution in [0.2, 0.25) is 5.15 Å². The second-order valence-corrected chi connectivity index (χ2v) is 10.5. The maximum atomic E-state index is 12.7. The lowest BCUT2D eigenvalue weighted by molar-refractivity contribution is -0.128. The monoisotopic (exact) mass is 572 g/mol. The molecule has 2 aliphatic rings. The molecule has 2 fully saturated rings. The first-order valence-electron chi connectivity index (χ1n) is 13.7. The molecular weight excluding hydrogens is 536 g/mol. The standard InChI is InChI=1S/C27H37ClN8O4/c28-24-26(30)34-25(29)23(33-24)27(39)32-19-5-2-13-35(16-19)12-1-4-18-7-9-20(10-8-18)40-17-21(37)31-11-15-36-14-3-6-22(36)38/h7-10,19H,1-6,11-17H2,(H,31,37)(H,32,39)(H4,29,30,34). The third-order valence-corrected chi connectivity index (χ3v) is 7.35. The molecule has 1 aromatic carbocycles. The number of halogens is 1. The van der Waals surface area contributed by atoms with Crippen molar-refractivity contribution in [2.75, 3.05) is 57.3 Å². The summed E-state index contributed by atoms with van der Waals surface area (Å²) in [5.41, 5.74) is 12.6. The molecule has 2 saturated heterocycles. The van der Waals surface area contributed by atoms with Gasteiger partial charge >= 0.3 is 0 Å². The number of carbonyl (C=O) groups excluding carboxylic acids is 3. The first kappa shape index (κ1) is 29.3. The maximum Gasteiger partial charge on any atom is 0.274 e. The van der Waals surface area contributed by atoms with Crippen LogP contribution in [0.3, 0.4) is 0 Å². The summed E-state index contributed by atoms with van der Waals surface area (Å²) in [6.07, 6.45) is 5.20. The predicted octanol–water partition coefficient (Wildman–Crippen LogP) is 1.24. The molecule has 12 nitrogen and oxygen atoms in total. The van der Waals surface area contributed by atoms with E-state index in [4.69, 9.17) is 27.8 Å². The molecule has 0 aliphatic carbocycles. The lowest BCUT2D eigenvalue weighted by Crippen LogP contribution is -2.48. The number of piperidine rings is 1. The smallest absolute Gasteiger partial charge is 0.274 e. The van der Waals surface area contributed by atoms with Gasteiger partial charge in [-0.05, 0) is 62.9 Å². The van der Waals surface area contributed by atoms with E-state index < -0.39 is 5.91 Å². The van der Waals surface area contributed by atoms with Crippen LogP contribution < -0.4 is 26.8 Å². The molecule has 6 N–H and O–H groups in total. The van der Waals surface area contributed by atoms with Gasteiger partial charge in [0.1, 0.15) is 5.75 Å². The summed E-state index contributed by atoms with van der Waals surface area (Å²) in [6, 6.07) is 7.74. The van der Waals surface area contributed by atoms with Crippen LogP contribution >= 0.6 is 11.6 Å². The molecule has 3 heterocycles. The average Bonchev–Trinajstić information content (AvgIpc) is 3.34. The summed E-state index contributed by atoms with van der Waals surface area (Å²) in [4.78, 5) is 48.3. The van der Waals surface area contributed by atoms with Gasteiger partial charge in [0.05, 0.1) is 0 Å². The summed E-state index contributed by atoms with van der Waals surface area (Å²) in [7, 11) is 0. The zero-order valence-corrected chi connectivity index (χ0v) is 23.3. The highest BCUT2D eigenvalue weighted by Crippen LogP contribution is 2.19. The molecule has 1 aromatic heterocycles. The van der Waals surface area contributed by atoms with Gasteiger partial charge in [0.25, 0.3) is 11.8 Å². The fourth-order valence-electron chi connectivity index (χ4n) is 4.97. The number of carbonyl (C=O) groups is 3. The van der Waals surface area contributed by atoms with E-state index in [1.54, 1.807) is 4.90 Å². The number of aryl methyl sites for hydroxylation is 1. The highest BCUT2D eigenvalue weighted by Gasteiger charge is 2.24. The fraction of sp³-hybridized carbons (Fsp3) is 0.519. The lowest BCUT2D eigenvalue weighted by Gasteiger charge is -2.33. The van der Waals surface area contributed by atoms with Crippen molar-refractivity contribution in [1.82, 2.24) is 30.4 Å². The van der Waals surface area contributed by atoms with E-state index in [2.05, 4.69) is 25.5 Å². The van der Waals surface area contributed by atoms with Crippen molar-refractivity contribution in [2.45, 2.75) is 44.6 Å². The van der Waals surface area contributed by atoms with Gasteiger partial charge in [-0.3, -0.25) is 14.4 Å². The molecule has 2 aromatic rings. The van der Waals surface area contributed by atoms with Crippen LogP contribution in [0.15, 0.2) is 24.3 Å². The molecule has 3 amide bonds. The minimum Gasteiger partial charge on any atom is -0.484 e. The molecule has 2 aliphatic heterocycles. The Kier molecular flexibility index (Phi) is 10.4. The SMILES string of the molecule is Nc1nc(N)c(C(=O)NC2CCCN(CCCc3ccc(OCC(=O)NCCN4CCCC4=O)cc3)C2)nc1Cl. The van der Waals surface area contributed by atoms with E-state index in [9.17, 15) is 14.4 Å². The zero-order chi connectivity index (χ0) is 28.5. The Balaban J connectivity index is 1.13. The Labute approximate surface area is 238 Å². The molecule has 0 spiro atoms. The average molecular weight is 573 g/mol. The van der Waals surface area contributed by atoms with Crippen LogP contribution in [0.25, 0.3) is 0 Å². The van der Waals surface area contributed by atoms with Crippen molar-refractivity contribution < 1.29 is 19.1 Å². The summed E-state index contributed by atoms with van der Waals surface area (Å²) in [5.74, 6) is 0.123. The maximum absolute atomic E-state index is 12.7. The van der Waals surface area contributed by atoms with Gasteiger partial charge in [0.2, 0.25) is 5.91 Å². The van der Waals surface area contributed by atoms with Crippen molar-refractivity contribution in [3.63, 3.8) is 0 Å². The van der Waals surface area contributed by atoms with E-state index in [1.807, 2.05) is 24.3 Å². The van der Waals surface area contributed by atoms with Gasteiger partial charge < -0.3 is 36.6 Å². The number of nitrogens with two attached hydrogens (primary N) is 2. The molecule has 1 atom stereocenters. The summed E-state index contributed by atoms with van der Waals surface area (Å²) < 4.78 is 5.60. The number of nitrogens with zero attached hydrogens (tertiary/aromatic N) is 4. The number of anilines is 2. The van der Waals surface area contributed by atoms with Crippen molar-refractivity contribution in [2.24, 2.45) is 0 Å². The molecule has 1 unspecified atom stereocenters. The number of ether oxygens (including phenoxy) is 1. The minimum atomic E-state index is -0.405. The largest absolute Gasteiger partial charge is 0.484 e. The topological polar surface area (TPSA) is 169 Å². The number of amides is 3. The minimum absolute atomic E-state index is 0.00629. The number of nitrogens with one attached hydrogen (secondary N) is 2. The molecule has 0 saturated carbocycles. The van der Waals surface area contributed by atoms with E-state index >= 15 is 0 Å².